The number of fused-ring (bicyclic) bond motifs is 1. The van der Waals surface area contributed by atoms with E-state index in [2.05, 4.69) is 39.1 Å². The third kappa shape index (κ3) is 3.04. The Labute approximate surface area is 122 Å². The predicted octanol–water partition coefficient (Wildman–Crippen LogP) is 2.01. The van der Waals surface area contributed by atoms with Gasteiger partial charge in [-0.25, -0.2) is 0 Å². The molecule has 1 aromatic rings. The molecule has 19 heavy (non-hydrogen) atoms. The van der Waals surface area contributed by atoms with Crippen LogP contribution in [-0.4, -0.2) is 43.8 Å². The maximum Gasteiger partial charge on any atom is 0.162 e. The van der Waals surface area contributed by atoms with Crippen LogP contribution in [0.1, 0.15) is 12.5 Å². The summed E-state index contributed by atoms with van der Waals surface area (Å²) in [7, 11) is 0. The van der Waals surface area contributed by atoms with Gasteiger partial charge in [0.1, 0.15) is 13.2 Å². The Hall–Kier alpha value is -0.780. The number of ether oxygens (including phenoxy) is 2. The fourth-order valence-electron chi connectivity index (χ4n) is 2.62. The zero-order valence-corrected chi connectivity index (χ0v) is 12.7. The maximum absolute atomic E-state index is 5.65. The van der Waals surface area contributed by atoms with Gasteiger partial charge in [0.15, 0.2) is 11.5 Å². The molecule has 0 aromatic heterocycles. The van der Waals surface area contributed by atoms with E-state index in [1.165, 1.54) is 5.56 Å². The van der Waals surface area contributed by atoms with Crippen molar-refractivity contribution in [3.63, 3.8) is 0 Å². The smallest absolute Gasteiger partial charge is 0.162 e. The van der Waals surface area contributed by atoms with E-state index in [1.807, 2.05) is 6.07 Å². The Kier molecular flexibility index (Phi) is 3.96. The van der Waals surface area contributed by atoms with Crippen LogP contribution in [0.15, 0.2) is 16.6 Å². The van der Waals surface area contributed by atoms with Crippen molar-refractivity contribution in [1.82, 2.24) is 10.2 Å². The minimum Gasteiger partial charge on any atom is -0.486 e. The summed E-state index contributed by atoms with van der Waals surface area (Å²) < 4.78 is 12.3. The summed E-state index contributed by atoms with van der Waals surface area (Å²) in [5.74, 6) is 1.71. The summed E-state index contributed by atoms with van der Waals surface area (Å²) in [6.45, 7) is 7.68. The Bertz CT molecular complexity index is 467. The fraction of sp³-hybridized carbons (Fsp3) is 0.571. The van der Waals surface area contributed by atoms with Gasteiger partial charge >= 0.3 is 0 Å². The minimum atomic E-state index is 0.560. The first kappa shape index (κ1) is 13.2. The normalized spacial score (nSPS) is 23.4. The van der Waals surface area contributed by atoms with Crippen LogP contribution in [-0.2, 0) is 6.54 Å². The first-order chi connectivity index (χ1) is 9.22. The summed E-state index contributed by atoms with van der Waals surface area (Å²) in [6.07, 6.45) is 0. The van der Waals surface area contributed by atoms with Crippen molar-refractivity contribution < 1.29 is 9.47 Å². The topological polar surface area (TPSA) is 33.7 Å². The Morgan fingerprint density at radius 2 is 2.05 bits per heavy atom. The van der Waals surface area contributed by atoms with Gasteiger partial charge in [0.25, 0.3) is 0 Å². The quantitative estimate of drug-likeness (QED) is 0.901. The molecule has 2 aliphatic rings. The molecule has 5 heteroatoms. The van der Waals surface area contributed by atoms with Gasteiger partial charge in [0, 0.05) is 36.7 Å². The largest absolute Gasteiger partial charge is 0.486 e. The molecule has 1 aromatic carbocycles. The number of hydrogen-bond acceptors (Lipinski definition) is 4. The van der Waals surface area contributed by atoms with Crippen molar-refractivity contribution in [1.29, 1.82) is 0 Å². The van der Waals surface area contributed by atoms with Crippen molar-refractivity contribution in [2.75, 3.05) is 32.8 Å². The van der Waals surface area contributed by atoms with Gasteiger partial charge < -0.3 is 14.8 Å². The van der Waals surface area contributed by atoms with E-state index in [-0.39, 0.29) is 0 Å². The molecule has 0 saturated carbocycles. The van der Waals surface area contributed by atoms with Crippen molar-refractivity contribution in [2.45, 2.75) is 19.5 Å². The second-order valence-corrected chi connectivity index (χ2v) is 6.03. The predicted molar refractivity (Wildman–Crippen MR) is 77.9 cm³/mol. The molecule has 1 fully saturated rings. The van der Waals surface area contributed by atoms with Crippen molar-refractivity contribution in [2.24, 2.45) is 0 Å². The van der Waals surface area contributed by atoms with Crippen LogP contribution in [0.5, 0.6) is 11.5 Å². The molecule has 0 spiro atoms. The number of halogens is 1. The average Bonchev–Trinajstić information content (AvgIpc) is 2.40. The molecule has 0 bridgehead atoms. The average molecular weight is 327 g/mol. The summed E-state index contributed by atoms with van der Waals surface area (Å²) >= 11 is 3.64. The number of nitrogens with zero attached hydrogens (tertiary/aromatic N) is 1. The van der Waals surface area contributed by atoms with Gasteiger partial charge in [-0.05, 0) is 24.6 Å². The molecule has 3 rings (SSSR count). The highest BCUT2D eigenvalue weighted by Gasteiger charge is 2.19. The molecule has 0 radical (unpaired) electrons. The number of rotatable bonds is 2. The number of piperazine rings is 1. The Morgan fingerprint density at radius 1 is 1.32 bits per heavy atom. The minimum absolute atomic E-state index is 0.560. The van der Waals surface area contributed by atoms with Crippen molar-refractivity contribution in [3.05, 3.63) is 22.2 Å². The first-order valence-corrected chi connectivity index (χ1v) is 7.55. The molecule has 104 valence electrons. The van der Waals surface area contributed by atoms with Gasteiger partial charge in [0.05, 0.1) is 0 Å². The summed E-state index contributed by atoms with van der Waals surface area (Å²) in [5.41, 5.74) is 1.26. The molecule has 1 unspecified atom stereocenters. The Morgan fingerprint density at radius 3 is 2.79 bits per heavy atom. The lowest BCUT2D eigenvalue weighted by Gasteiger charge is -2.32. The van der Waals surface area contributed by atoms with E-state index in [1.54, 1.807) is 0 Å². The third-order valence-electron chi connectivity index (χ3n) is 3.56. The van der Waals surface area contributed by atoms with Crippen LogP contribution < -0.4 is 14.8 Å². The molecular formula is C14H19BrN2O2. The zero-order chi connectivity index (χ0) is 13.2. The number of hydrogen-bond donors (Lipinski definition) is 1. The second kappa shape index (κ2) is 5.69. The maximum atomic E-state index is 5.65. The number of nitrogens with one attached hydrogen (secondary N) is 1. The fourth-order valence-corrected chi connectivity index (χ4v) is 3.07. The zero-order valence-electron chi connectivity index (χ0n) is 11.1. The summed E-state index contributed by atoms with van der Waals surface area (Å²) in [4.78, 5) is 2.47. The van der Waals surface area contributed by atoms with Crippen LogP contribution in [0.2, 0.25) is 0 Å². The van der Waals surface area contributed by atoms with Crippen LogP contribution in [0.25, 0.3) is 0 Å². The highest BCUT2D eigenvalue weighted by atomic mass is 79.9. The lowest BCUT2D eigenvalue weighted by Crippen LogP contribution is -2.48. The lowest BCUT2D eigenvalue weighted by molar-refractivity contribution is 0.170. The van der Waals surface area contributed by atoms with Crippen molar-refractivity contribution >= 4 is 15.9 Å². The van der Waals surface area contributed by atoms with E-state index in [4.69, 9.17) is 9.47 Å². The summed E-state index contributed by atoms with van der Waals surface area (Å²) in [5, 5.41) is 3.46. The monoisotopic (exact) mass is 326 g/mol. The van der Waals surface area contributed by atoms with E-state index < -0.39 is 0 Å². The molecule has 1 N–H and O–H groups in total. The lowest BCUT2D eigenvalue weighted by atomic mass is 10.1. The first-order valence-electron chi connectivity index (χ1n) is 6.76. The van der Waals surface area contributed by atoms with Crippen LogP contribution >= 0.6 is 15.9 Å². The highest BCUT2D eigenvalue weighted by Crippen LogP contribution is 2.36. The molecule has 1 atom stereocenters. The molecule has 0 aliphatic carbocycles. The molecule has 2 aliphatic heterocycles. The van der Waals surface area contributed by atoms with Gasteiger partial charge in [-0.2, -0.15) is 0 Å². The number of benzene rings is 1. The second-order valence-electron chi connectivity index (χ2n) is 5.18. The van der Waals surface area contributed by atoms with Gasteiger partial charge in [-0.3, -0.25) is 4.90 Å². The summed E-state index contributed by atoms with van der Waals surface area (Å²) in [6, 6.07) is 4.69. The highest BCUT2D eigenvalue weighted by molar-refractivity contribution is 9.10. The van der Waals surface area contributed by atoms with Crippen LogP contribution in [0.3, 0.4) is 0 Å². The van der Waals surface area contributed by atoms with E-state index in [9.17, 15) is 0 Å². The third-order valence-corrected chi connectivity index (χ3v) is 4.30. The van der Waals surface area contributed by atoms with E-state index in [0.29, 0.717) is 19.3 Å². The van der Waals surface area contributed by atoms with Crippen LogP contribution in [0, 0.1) is 0 Å². The standard InChI is InChI=1S/C14H19BrN2O2/c1-10-8-17(3-2-16-10)9-11-6-13-14(7-12(11)15)19-5-4-18-13/h6-7,10,16H,2-5,8-9H2,1H3. The van der Waals surface area contributed by atoms with Crippen molar-refractivity contribution in [3.8, 4) is 11.5 Å². The molecule has 2 heterocycles. The molecular weight excluding hydrogens is 308 g/mol. The SMILES string of the molecule is CC1CN(Cc2cc3c(cc2Br)OCCO3)CCN1. The van der Waals surface area contributed by atoms with Gasteiger partial charge in [-0.1, -0.05) is 15.9 Å². The van der Waals surface area contributed by atoms with E-state index >= 15 is 0 Å². The Balaban J connectivity index is 1.76. The molecule has 4 nitrogen and oxygen atoms in total. The van der Waals surface area contributed by atoms with E-state index in [0.717, 1.165) is 42.2 Å². The molecule has 1 saturated heterocycles. The molecule has 0 amide bonds. The van der Waals surface area contributed by atoms with Gasteiger partial charge in [0.2, 0.25) is 0 Å². The van der Waals surface area contributed by atoms with Gasteiger partial charge in [-0.15, -0.1) is 0 Å². The van der Waals surface area contributed by atoms with Crippen LogP contribution in [0.4, 0.5) is 0 Å².